The Kier molecular flexibility index (Phi) is 40.8. The maximum absolute atomic E-state index is 11.3. The van der Waals surface area contributed by atoms with Crippen LogP contribution in [-0.2, 0) is 19.1 Å². The second-order valence-electron chi connectivity index (χ2n) is 5.08. The molecule has 0 rings (SSSR count). The predicted molar refractivity (Wildman–Crippen MR) is 80.8 cm³/mol. The van der Waals surface area contributed by atoms with Crippen molar-refractivity contribution in [3.05, 3.63) is 0 Å². The summed E-state index contributed by atoms with van der Waals surface area (Å²) in [6.07, 6.45) is 10.5. The zero-order chi connectivity index (χ0) is 15.3. The number of carbonyl (C=O) groups is 1. The Hall–Kier alpha value is 2.98. The van der Waals surface area contributed by atoms with Gasteiger partial charge in [-0.15, -0.1) is 0 Å². The summed E-state index contributed by atoms with van der Waals surface area (Å²) >= 11 is 0. The number of rotatable bonds is 13. The van der Waals surface area contributed by atoms with Crippen molar-refractivity contribution in [2.45, 2.75) is 71.1 Å². The van der Waals surface area contributed by atoms with Crippen molar-refractivity contribution < 1.29 is 132 Å². The van der Waals surface area contributed by atoms with Crippen molar-refractivity contribution in [3.8, 4) is 0 Å². The van der Waals surface area contributed by atoms with Crippen molar-refractivity contribution in [3.63, 3.8) is 0 Å². The molecule has 0 saturated carbocycles. The monoisotopic (exact) mass is 527 g/mol. The van der Waals surface area contributed by atoms with Crippen LogP contribution in [0.4, 0.5) is 0 Å². The molecular formula is C14H29Br2KNNaO4S. The van der Waals surface area contributed by atoms with Crippen LogP contribution >= 0.6 is 0 Å². The molecule has 0 aromatic heterocycles. The van der Waals surface area contributed by atoms with Crippen LogP contribution in [0.2, 0.25) is 0 Å². The van der Waals surface area contributed by atoms with Crippen molar-refractivity contribution in [1.82, 2.24) is 0 Å². The van der Waals surface area contributed by atoms with Gasteiger partial charge in [0, 0.05) is 13.0 Å². The average molecular weight is 529 g/mol. The van der Waals surface area contributed by atoms with E-state index in [0.717, 1.165) is 12.8 Å². The van der Waals surface area contributed by atoms with Gasteiger partial charge in [-0.25, -0.2) is 0 Å². The van der Waals surface area contributed by atoms with Crippen LogP contribution < -0.4 is 121 Å². The molecule has 0 spiro atoms. The van der Waals surface area contributed by atoms with E-state index in [4.69, 9.17) is 5.73 Å². The summed E-state index contributed by atoms with van der Waals surface area (Å²) in [5.41, 5.74) is 5.12. The van der Waals surface area contributed by atoms with Gasteiger partial charge in [-0.1, -0.05) is 58.3 Å². The minimum absolute atomic E-state index is 0. The first-order valence-electron chi connectivity index (χ1n) is 7.67. The number of hydrogen-bond donors (Lipinski definition) is 1. The molecule has 10 heteroatoms. The Morgan fingerprint density at radius 3 is 1.75 bits per heavy atom. The first-order chi connectivity index (χ1) is 9.52. The standard InChI is InChI=1S/C14H29NO4S.2BrH.K.Na/c1-2-3-4-5-6-7-8-9-10-11-14(16)19-20(17,18)13-12-15;;;;/h2-13,15H2,1H3;2*1H;;/q;;;2*+1/p-2. The fraction of sp³-hybridized carbons (Fsp3) is 0.929. The number of hydrogen-bond acceptors (Lipinski definition) is 5. The molecule has 0 aliphatic rings. The Morgan fingerprint density at radius 1 is 0.917 bits per heavy atom. The Bertz CT molecular complexity index is 363. The quantitative estimate of drug-likeness (QED) is 0.146. The maximum Gasteiger partial charge on any atom is 1.00 e. The molecule has 0 saturated heterocycles. The normalized spacial score (nSPS) is 9.58. The summed E-state index contributed by atoms with van der Waals surface area (Å²) < 4.78 is 26.8. The van der Waals surface area contributed by atoms with Crippen LogP contribution in [0.1, 0.15) is 71.1 Å². The van der Waals surface area contributed by atoms with Gasteiger partial charge in [-0.2, -0.15) is 8.42 Å². The van der Waals surface area contributed by atoms with E-state index in [1.54, 1.807) is 0 Å². The third kappa shape index (κ3) is 27.2. The molecule has 0 aromatic carbocycles. The van der Waals surface area contributed by atoms with E-state index in [2.05, 4.69) is 11.1 Å². The summed E-state index contributed by atoms with van der Waals surface area (Å²) in [7, 11) is -3.77. The molecule has 0 bridgehead atoms. The van der Waals surface area contributed by atoms with Gasteiger partial charge in [-0.05, 0) is 6.42 Å². The number of carbonyl (C=O) groups excluding carboxylic acids is 1. The zero-order valence-electron chi connectivity index (χ0n) is 15.4. The fourth-order valence-corrected chi connectivity index (χ4v) is 2.69. The molecule has 2 N–H and O–H groups in total. The molecule has 0 unspecified atom stereocenters. The smallest absolute Gasteiger partial charge is 1.00 e. The van der Waals surface area contributed by atoms with E-state index in [9.17, 15) is 13.2 Å². The zero-order valence-corrected chi connectivity index (χ0v) is 24.5. The van der Waals surface area contributed by atoms with Crippen molar-refractivity contribution in [2.75, 3.05) is 12.3 Å². The Labute approximate surface area is 233 Å². The summed E-state index contributed by atoms with van der Waals surface area (Å²) in [6, 6.07) is 0. The van der Waals surface area contributed by atoms with E-state index in [1.807, 2.05) is 0 Å². The minimum Gasteiger partial charge on any atom is -1.00 e. The maximum atomic E-state index is 11.3. The van der Waals surface area contributed by atoms with Gasteiger partial charge in [0.05, 0.1) is 5.75 Å². The molecule has 0 aliphatic heterocycles. The van der Waals surface area contributed by atoms with E-state index in [-0.39, 0.29) is 134 Å². The molecule has 0 radical (unpaired) electrons. The SMILES string of the molecule is CCCCCCCCCCCC(=O)OS(=O)(=O)CCN.[Br-].[Br-].[K+].[Na+]. The molecule has 0 aliphatic carbocycles. The van der Waals surface area contributed by atoms with Crippen LogP contribution in [0.25, 0.3) is 0 Å². The minimum atomic E-state index is -3.77. The first-order valence-corrected chi connectivity index (χ1v) is 9.24. The second kappa shape index (κ2) is 26.0. The van der Waals surface area contributed by atoms with Gasteiger partial charge in [0.2, 0.25) is 0 Å². The van der Waals surface area contributed by atoms with Crippen molar-refractivity contribution in [2.24, 2.45) is 5.73 Å². The second-order valence-corrected chi connectivity index (χ2v) is 6.77. The van der Waals surface area contributed by atoms with Gasteiger partial charge in [0.15, 0.2) is 0 Å². The third-order valence-corrected chi connectivity index (χ3v) is 4.25. The van der Waals surface area contributed by atoms with Gasteiger partial charge in [-0.3, -0.25) is 4.79 Å². The van der Waals surface area contributed by atoms with Crippen LogP contribution in [0.5, 0.6) is 0 Å². The van der Waals surface area contributed by atoms with Crippen LogP contribution in [0, 0.1) is 0 Å². The number of halogens is 2. The largest absolute Gasteiger partial charge is 1.00 e. The van der Waals surface area contributed by atoms with Gasteiger partial charge < -0.3 is 43.9 Å². The van der Waals surface area contributed by atoms with Crippen LogP contribution in [0.3, 0.4) is 0 Å². The summed E-state index contributed by atoms with van der Waals surface area (Å²) in [6.45, 7) is 2.17. The molecule has 24 heavy (non-hydrogen) atoms. The van der Waals surface area contributed by atoms with Gasteiger partial charge in [0.1, 0.15) is 0 Å². The van der Waals surface area contributed by atoms with Crippen LogP contribution in [0.15, 0.2) is 0 Å². The van der Waals surface area contributed by atoms with Gasteiger partial charge in [0.25, 0.3) is 0 Å². The van der Waals surface area contributed by atoms with E-state index >= 15 is 0 Å². The van der Waals surface area contributed by atoms with E-state index < -0.39 is 16.1 Å². The summed E-state index contributed by atoms with van der Waals surface area (Å²) in [5.74, 6) is -0.974. The Morgan fingerprint density at radius 2 is 1.33 bits per heavy atom. The Balaban J connectivity index is -0.000000301. The molecule has 0 amide bonds. The van der Waals surface area contributed by atoms with Gasteiger partial charge >= 0.3 is 97.0 Å². The molecule has 5 nitrogen and oxygen atoms in total. The third-order valence-electron chi connectivity index (χ3n) is 3.07. The summed E-state index contributed by atoms with van der Waals surface area (Å²) in [5, 5.41) is 0. The predicted octanol–water partition coefficient (Wildman–Crippen LogP) is -9.25. The van der Waals surface area contributed by atoms with Crippen molar-refractivity contribution in [1.29, 1.82) is 0 Å². The first kappa shape index (κ1) is 37.7. The molecule has 0 fully saturated rings. The number of nitrogens with two attached hydrogens (primary N) is 1. The van der Waals surface area contributed by atoms with E-state index in [0.29, 0.717) is 6.42 Å². The molecule has 136 valence electrons. The average Bonchev–Trinajstić information content (AvgIpc) is 2.36. The molecular weight excluding hydrogens is 500 g/mol. The van der Waals surface area contributed by atoms with Crippen molar-refractivity contribution >= 4 is 16.1 Å². The molecule has 0 atom stereocenters. The fourth-order valence-electron chi connectivity index (χ4n) is 1.95. The van der Waals surface area contributed by atoms with Crippen LogP contribution in [-0.4, -0.2) is 26.7 Å². The molecule has 0 aromatic rings. The summed E-state index contributed by atoms with van der Waals surface area (Å²) in [4.78, 5) is 11.3. The number of unbranched alkanes of at least 4 members (excludes halogenated alkanes) is 8. The molecule has 0 heterocycles. The van der Waals surface area contributed by atoms with E-state index in [1.165, 1.54) is 38.5 Å². The topological polar surface area (TPSA) is 86.5 Å².